The Kier molecular flexibility index (Phi) is 6.52. The normalized spacial score (nSPS) is 11.9. The van der Waals surface area contributed by atoms with Gasteiger partial charge in [0, 0.05) is 13.3 Å². The van der Waals surface area contributed by atoms with Crippen molar-refractivity contribution < 1.29 is 31.1 Å². The van der Waals surface area contributed by atoms with Gasteiger partial charge in [-0.25, -0.2) is 13.4 Å². The third-order valence-corrected chi connectivity index (χ3v) is 5.09. The fraction of sp³-hybridized carbons (Fsp3) is 0.250. The van der Waals surface area contributed by atoms with Crippen molar-refractivity contribution >= 4 is 33.2 Å². The predicted octanol–water partition coefficient (Wildman–Crippen LogP) is 3.20. The number of anilines is 1. The number of amides is 1. The Morgan fingerprint density at radius 1 is 1.29 bits per heavy atom. The highest BCUT2D eigenvalue weighted by Gasteiger charge is 2.34. The van der Waals surface area contributed by atoms with Gasteiger partial charge in [-0.05, 0) is 30.7 Å². The van der Waals surface area contributed by atoms with Gasteiger partial charge in [0.1, 0.15) is 6.73 Å². The minimum absolute atomic E-state index is 0.0147. The summed E-state index contributed by atoms with van der Waals surface area (Å²) in [5.41, 5.74) is -1.84. The van der Waals surface area contributed by atoms with Gasteiger partial charge in [0.2, 0.25) is 0 Å². The van der Waals surface area contributed by atoms with Crippen LogP contribution >= 0.6 is 11.6 Å². The van der Waals surface area contributed by atoms with Crippen molar-refractivity contribution in [2.24, 2.45) is 0 Å². The lowest BCUT2D eigenvalue weighted by Gasteiger charge is -2.15. The van der Waals surface area contributed by atoms with Crippen LogP contribution in [0.5, 0.6) is 0 Å². The van der Waals surface area contributed by atoms with E-state index in [4.69, 9.17) is 16.3 Å². The first-order valence-corrected chi connectivity index (χ1v) is 9.45. The van der Waals surface area contributed by atoms with Crippen LogP contribution in [0.25, 0.3) is 0 Å². The first-order chi connectivity index (χ1) is 13.0. The molecule has 2 rings (SSSR count). The van der Waals surface area contributed by atoms with Gasteiger partial charge in [-0.15, -0.1) is 0 Å². The summed E-state index contributed by atoms with van der Waals surface area (Å²) in [4.78, 5) is 15.3. The van der Waals surface area contributed by atoms with Crippen LogP contribution in [0.15, 0.2) is 35.4 Å². The molecule has 0 saturated heterocycles. The molecule has 152 valence electrons. The number of methoxy groups -OCH3 is 1. The van der Waals surface area contributed by atoms with Crippen LogP contribution in [-0.4, -0.2) is 33.1 Å². The number of hydrogen-bond donors (Lipinski definition) is 2. The van der Waals surface area contributed by atoms with E-state index in [0.29, 0.717) is 6.07 Å². The van der Waals surface area contributed by atoms with Gasteiger partial charge in [0.15, 0.2) is 5.69 Å². The van der Waals surface area contributed by atoms with Gasteiger partial charge >= 0.3 is 6.18 Å². The van der Waals surface area contributed by atoms with Gasteiger partial charge < -0.3 is 10.1 Å². The molecule has 0 unspecified atom stereocenters. The maximum atomic E-state index is 13.1. The number of pyridine rings is 1. The molecule has 0 aliphatic heterocycles. The number of sulfonamides is 1. The van der Waals surface area contributed by atoms with E-state index in [1.165, 1.54) is 14.0 Å². The van der Waals surface area contributed by atoms with Crippen LogP contribution in [0.1, 0.15) is 21.6 Å². The highest BCUT2D eigenvalue weighted by molar-refractivity contribution is 7.92. The van der Waals surface area contributed by atoms with E-state index < -0.39 is 32.6 Å². The Hall–Kier alpha value is -2.37. The van der Waals surface area contributed by atoms with Crippen molar-refractivity contribution in [1.82, 2.24) is 10.3 Å². The van der Waals surface area contributed by atoms with E-state index in [0.717, 1.165) is 24.4 Å². The van der Waals surface area contributed by atoms with Crippen LogP contribution in [0.3, 0.4) is 0 Å². The predicted molar refractivity (Wildman–Crippen MR) is 95.6 cm³/mol. The highest BCUT2D eigenvalue weighted by Crippen LogP contribution is 2.33. The standard InChI is InChI=1S/C16H15ClF3N3O4S/c1-9-3-4-11(6-12(9)16(18,19)20)28(25,26)23-13-5-10(17)7-21-14(13)15(24)22-8-27-2/h3-7,23H,8H2,1-2H3,(H,22,24). The number of aromatic nitrogens is 1. The molecule has 2 aromatic rings. The minimum atomic E-state index is -4.72. The largest absolute Gasteiger partial charge is 0.416 e. The van der Waals surface area contributed by atoms with Crippen molar-refractivity contribution in [3.8, 4) is 0 Å². The Morgan fingerprint density at radius 3 is 2.57 bits per heavy atom. The molecule has 0 radical (unpaired) electrons. The van der Waals surface area contributed by atoms with Crippen molar-refractivity contribution in [3.05, 3.63) is 52.3 Å². The van der Waals surface area contributed by atoms with E-state index >= 15 is 0 Å². The molecule has 0 aliphatic carbocycles. The molecular weight excluding hydrogens is 423 g/mol. The lowest BCUT2D eigenvalue weighted by molar-refractivity contribution is -0.138. The fourth-order valence-corrected chi connectivity index (χ4v) is 3.44. The smallest absolute Gasteiger partial charge is 0.364 e. The molecule has 0 spiro atoms. The van der Waals surface area contributed by atoms with Crippen LogP contribution in [0, 0.1) is 6.92 Å². The summed E-state index contributed by atoms with van der Waals surface area (Å²) >= 11 is 5.80. The van der Waals surface area contributed by atoms with Crippen LogP contribution in [-0.2, 0) is 20.9 Å². The summed E-state index contributed by atoms with van der Waals surface area (Å²) in [5.74, 6) is -0.767. The number of aryl methyl sites for hydroxylation is 1. The number of carbonyl (C=O) groups excluding carboxylic acids is 1. The number of alkyl halides is 3. The monoisotopic (exact) mass is 437 g/mol. The maximum absolute atomic E-state index is 13.1. The number of hydrogen-bond acceptors (Lipinski definition) is 5. The van der Waals surface area contributed by atoms with E-state index in [1.807, 2.05) is 0 Å². The fourth-order valence-electron chi connectivity index (χ4n) is 2.20. The average Bonchev–Trinajstić information content (AvgIpc) is 2.58. The molecule has 0 fully saturated rings. The van der Waals surface area contributed by atoms with Gasteiger partial charge in [-0.2, -0.15) is 13.2 Å². The second kappa shape index (κ2) is 8.33. The van der Waals surface area contributed by atoms with Crippen molar-refractivity contribution in [3.63, 3.8) is 0 Å². The van der Waals surface area contributed by atoms with Crippen LogP contribution < -0.4 is 10.0 Å². The number of ether oxygens (including phenoxy) is 1. The molecule has 7 nitrogen and oxygen atoms in total. The van der Waals surface area contributed by atoms with Crippen molar-refractivity contribution in [2.75, 3.05) is 18.6 Å². The summed E-state index contributed by atoms with van der Waals surface area (Å²) in [6, 6.07) is 3.70. The van der Waals surface area contributed by atoms with E-state index in [-0.39, 0.29) is 28.7 Å². The summed E-state index contributed by atoms with van der Waals surface area (Å²) in [7, 11) is -3.14. The molecule has 1 aromatic carbocycles. The number of nitrogens with one attached hydrogen (secondary N) is 2. The zero-order valence-corrected chi connectivity index (χ0v) is 16.2. The second-order valence-corrected chi connectivity index (χ2v) is 7.69. The van der Waals surface area contributed by atoms with E-state index in [1.54, 1.807) is 0 Å². The third kappa shape index (κ3) is 5.12. The Labute approximate surface area is 163 Å². The number of carbonyl (C=O) groups is 1. The Bertz CT molecular complexity index is 997. The maximum Gasteiger partial charge on any atom is 0.416 e. The minimum Gasteiger partial charge on any atom is -0.364 e. The topological polar surface area (TPSA) is 97.4 Å². The van der Waals surface area contributed by atoms with E-state index in [9.17, 15) is 26.4 Å². The SMILES string of the molecule is COCNC(=O)c1ncc(Cl)cc1NS(=O)(=O)c1ccc(C)c(C(F)(F)F)c1. The molecule has 0 bridgehead atoms. The quantitative estimate of drug-likeness (QED) is 0.676. The molecule has 1 heterocycles. The number of benzene rings is 1. The zero-order chi connectivity index (χ0) is 21.1. The number of rotatable bonds is 6. The van der Waals surface area contributed by atoms with Gasteiger partial charge in [-0.3, -0.25) is 9.52 Å². The molecule has 1 aromatic heterocycles. The lowest BCUT2D eigenvalue weighted by atomic mass is 10.1. The van der Waals surface area contributed by atoms with Crippen LogP contribution in [0.4, 0.5) is 18.9 Å². The molecule has 0 atom stereocenters. The highest BCUT2D eigenvalue weighted by atomic mass is 35.5. The number of nitrogens with zero attached hydrogens (tertiary/aromatic N) is 1. The summed E-state index contributed by atoms with van der Waals surface area (Å²) in [5, 5.41) is 2.33. The molecule has 0 saturated carbocycles. The molecular formula is C16H15ClF3N3O4S. The summed E-state index contributed by atoms with van der Waals surface area (Å²) < 4.78 is 71.2. The third-order valence-electron chi connectivity index (χ3n) is 3.52. The summed E-state index contributed by atoms with van der Waals surface area (Å²) in [6.07, 6.45) is -3.60. The van der Waals surface area contributed by atoms with Crippen molar-refractivity contribution in [2.45, 2.75) is 18.0 Å². The molecule has 2 N–H and O–H groups in total. The Balaban J connectivity index is 2.45. The average molecular weight is 438 g/mol. The van der Waals surface area contributed by atoms with Gasteiger partial charge in [0.05, 0.1) is 21.2 Å². The Morgan fingerprint density at radius 2 is 1.96 bits per heavy atom. The van der Waals surface area contributed by atoms with Gasteiger partial charge in [-0.1, -0.05) is 17.7 Å². The molecule has 1 amide bonds. The summed E-state index contributed by atoms with van der Waals surface area (Å²) in [6.45, 7) is 1.05. The first kappa shape index (κ1) is 21.9. The number of halogens is 4. The molecule has 0 aliphatic rings. The lowest BCUT2D eigenvalue weighted by Crippen LogP contribution is -2.28. The first-order valence-electron chi connectivity index (χ1n) is 7.59. The zero-order valence-electron chi connectivity index (χ0n) is 14.6. The molecule has 28 heavy (non-hydrogen) atoms. The van der Waals surface area contributed by atoms with Crippen LogP contribution in [0.2, 0.25) is 5.02 Å². The van der Waals surface area contributed by atoms with Crippen molar-refractivity contribution in [1.29, 1.82) is 0 Å². The van der Waals surface area contributed by atoms with Gasteiger partial charge in [0.25, 0.3) is 15.9 Å². The van der Waals surface area contributed by atoms with E-state index in [2.05, 4.69) is 15.0 Å². The molecule has 12 heteroatoms. The second-order valence-electron chi connectivity index (χ2n) is 5.57.